The Morgan fingerprint density at radius 3 is 1.75 bits per heavy atom. The van der Waals surface area contributed by atoms with Crippen LogP contribution in [0.3, 0.4) is 0 Å². The SMILES string of the molecule is CC1(C)c2cc(C#Cc3c(F)c(F)c(N(c4ccccc4)c4ccccc4)c(F)c3F)ccc2-c2ccc3c4ccccc4n(-c4ccccc4)c3c21. The molecule has 6 heteroatoms. The third kappa shape index (κ3) is 4.96. The number of halogens is 4. The van der Waals surface area contributed by atoms with Crippen LogP contribution in [0.5, 0.6) is 0 Å². The number of para-hydroxylation sites is 4. The zero-order chi connectivity index (χ0) is 36.4. The molecule has 53 heavy (non-hydrogen) atoms. The molecule has 7 aromatic carbocycles. The Bertz CT molecular complexity index is 2730. The Kier molecular flexibility index (Phi) is 7.49. The normalized spacial score (nSPS) is 12.7. The van der Waals surface area contributed by atoms with Gasteiger partial charge in [-0.15, -0.1) is 0 Å². The topological polar surface area (TPSA) is 8.17 Å². The third-order valence-corrected chi connectivity index (χ3v) is 10.3. The highest BCUT2D eigenvalue weighted by Crippen LogP contribution is 2.53. The summed E-state index contributed by atoms with van der Waals surface area (Å²) in [5.41, 5.74) is 6.34. The molecule has 0 saturated carbocycles. The fraction of sp³-hybridized carbons (Fsp3) is 0.0638. The van der Waals surface area contributed by atoms with Gasteiger partial charge in [-0.25, -0.2) is 17.6 Å². The van der Waals surface area contributed by atoms with Crippen LogP contribution in [0.2, 0.25) is 0 Å². The van der Waals surface area contributed by atoms with Crippen molar-refractivity contribution in [3.8, 4) is 28.7 Å². The average Bonchev–Trinajstić information content (AvgIpc) is 3.65. The van der Waals surface area contributed by atoms with Crippen molar-refractivity contribution in [2.24, 2.45) is 0 Å². The van der Waals surface area contributed by atoms with Crippen molar-refractivity contribution in [2.45, 2.75) is 19.3 Å². The highest BCUT2D eigenvalue weighted by atomic mass is 19.2. The van der Waals surface area contributed by atoms with E-state index in [1.54, 1.807) is 66.7 Å². The lowest BCUT2D eigenvalue weighted by Crippen LogP contribution is -2.17. The Hall–Kier alpha value is -6.58. The van der Waals surface area contributed by atoms with Crippen molar-refractivity contribution in [1.82, 2.24) is 4.57 Å². The molecule has 0 fully saturated rings. The lowest BCUT2D eigenvalue weighted by Gasteiger charge is -2.26. The molecular weight excluding hydrogens is 669 g/mol. The summed E-state index contributed by atoms with van der Waals surface area (Å²) in [5, 5.41) is 2.29. The van der Waals surface area contributed by atoms with Crippen LogP contribution in [0.1, 0.15) is 36.1 Å². The van der Waals surface area contributed by atoms with Gasteiger partial charge in [0.15, 0.2) is 23.3 Å². The lowest BCUT2D eigenvalue weighted by molar-refractivity contribution is 0.453. The molecule has 0 aliphatic heterocycles. The zero-order valence-corrected chi connectivity index (χ0v) is 28.8. The molecule has 1 aromatic heterocycles. The van der Waals surface area contributed by atoms with Gasteiger partial charge in [0.2, 0.25) is 0 Å². The number of nitrogens with zero attached hydrogens (tertiary/aromatic N) is 2. The Balaban J connectivity index is 1.16. The van der Waals surface area contributed by atoms with Crippen molar-refractivity contribution >= 4 is 38.9 Å². The molecule has 0 amide bonds. The molecule has 9 rings (SSSR count). The average molecular weight is 699 g/mol. The van der Waals surface area contributed by atoms with Gasteiger partial charge >= 0.3 is 0 Å². The molecule has 0 spiro atoms. The minimum Gasteiger partial charge on any atom is -0.309 e. The van der Waals surface area contributed by atoms with Gasteiger partial charge in [0.05, 0.1) is 11.0 Å². The van der Waals surface area contributed by atoms with Crippen molar-refractivity contribution in [1.29, 1.82) is 0 Å². The summed E-state index contributed by atoms with van der Waals surface area (Å²) in [4.78, 5) is 1.16. The number of benzene rings is 7. The lowest BCUT2D eigenvalue weighted by atomic mass is 9.81. The van der Waals surface area contributed by atoms with Crippen LogP contribution >= 0.6 is 0 Å². The molecule has 256 valence electrons. The molecule has 0 N–H and O–H groups in total. The van der Waals surface area contributed by atoms with Gasteiger partial charge in [-0.1, -0.05) is 117 Å². The molecule has 0 atom stereocenters. The summed E-state index contributed by atoms with van der Waals surface area (Å²) in [7, 11) is 0. The van der Waals surface area contributed by atoms with Crippen molar-refractivity contribution in [3.05, 3.63) is 191 Å². The van der Waals surface area contributed by atoms with Gasteiger partial charge in [-0.2, -0.15) is 0 Å². The van der Waals surface area contributed by atoms with Crippen LogP contribution in [0, 0.1) is 35.1 Å². The number of aromatic nitrogens is 1. The van der Waals surface area contributed by atoms with Crippen molar-refractivity contribution < 1.29 is 17.6 Å². The first kappa shape index (κ1) is 32.3. The predicted octanol–water partition coefficient (Wildman–Crippen LogP) is 12.5. The molecule has 1 heterocycles. The van der Waals surface area contributed by atoms with Crippen molar-refractivity contribution in [3.63, 3.8) is 0 Å². The second-order valence-corrected chi connectivity index (χ2v) is 13.7. The summed E-state index contributed by atoms with van der Waals surface area (Å²) in [5.74, 6) is -0.942. The molecule has 0 bridgehead atoms. The van der Waals surface area contributed by atoms with E-state index >= 15 is 17.6 Å². The van der Waals surface area contributed by atoms with Crippen LogP contribution in [0.15, 0.2) is 146 Å². The standard InChI is InChI=1S/C47H30F4N2/c1-47(2)38-28-29(22-24-33(38)35-26-27-36-34-20-12-13-21-39(34)53(45(36)40(35)47)32-18-10-5-11-19-32)23-25-37-41(48)43(50)46(44(51)42(37)49)52(30-14-6-3-7-15-30)31-16-8-4-9-17-31/h3-22,24,26-28H,1-2H3. The van der Waals surface area contributed by atoms with Crippen LogP contribution in [0.25, 0.3) is 38.6 Å². The van der Waals surface area contributed by atoms with E-state index in [1.165, 1.54) is 0 Å². The van der Waals surface area contributed by atoms with E-state index in [2.05, 4.69) is 72.7 Å². The van der Waals surface area contributed by atoms with E-state index in [0.717, 1.165) is 54.6 Å². The monoisotopic (exact) mass is 698 g/mol. The van der Waals surface area contributed by atoms with Crippen LogP contribution in [0.4, 0.5) is 34.6 Å². The second-order valence-electron chi connectivity index (χ2n) is 13.7. The maximum atomic E-state index is 16.0. The first-order chi connectivity index (χ1) is 25.8. The van der Waals surface area contributed by atoms with E-state index in [1.807, 2.05) is 36.4 Å². The Labute approximate surface area is 304 Å². The molecule has 8 aromatic rings. The largest absolute Gasteiger partial charge is 0.309 e. The maximum Gasteiger partial charge on any atom is 0.187 e. The first-order valence-electron chi connectivity index (χ1n) is 17.3. The summed E-state index contributed by atoms with van der Waals surface area (Å²) in [6, 6.07) is 45.2. The van der Waals surface area contributed by atoms with Gasteiger partial charge in [0, 0.05) is 38.8 Å². The van der Waals surface area contributed by atoms with E-state index in [0.29, 0.717) is 16.9 Å². The molecule has 0 saturated heterocycles. The second kappa shape index (κ2) is 12.3. The molecule has 2 nitrogen and oxygen atoms in total. The Morgan fingerprint density at radius 1 is 0.547 bits per heavy atom. The molecule has 1 aliphatic carbocycles. The number of anilines is 3. The summed E-state index contributed by atoms with van der Waals surface area (Å²) in [6.07, 6.45) is 0. The number of rotatable bonds is 4. The third-order valence-electron chi connectivity index (χ3n) is 10.3. The Morgan fingerprint density at radius 2 is 1.11 bits per heavy atom. The molecule has 0 unspecified atom stereocenters. The van der Waals surface area contributed by atoms with E-state index in [-0.39, 0.29) is 0 Å². The number of hydrogen-bond donors (Lipinski definition) is 0. The zero-order valence-electron chi connectivity index (χ0n) is 28.8. The summed E-state index contributed by atoms with van der Waals surface area (Å²) >= 11 is 0. The summed E-state index contributed by atoms with van der Waals surface area (Å²) in [6.45, 7) is 4.32. The highest BCUT2D eigenvalue weighted by molar-refractivity contribution is 6.13. The van der Waals surface area contributed by atoms with Crippen LogP contribution < -0.4 is 4.90 Å². The van der Waals surface area contributed by atoms with Gasteiger partial charge in [0.1, 0.15) is 11.3 Å². The molecular formula is C47H30F4N2. The highest BCUT2D eigenvalue weighted by Gasteiger charge is 2.39. The quantitative estimate of drug-likeness (QED) is 0.101. The molecule has 0 radical (unpaired) electrons. The van der Waals surface area contributed by atoms with Crippen molar-refractivity contribution in [2.75, 3.05) is 4.90 Å². The van der Waals surface area contributed by atoms with E-state index in [4.69, 9.17) is 0 Å². The fourth-order valence-electron chi connectivity index (χ4n) is 7.89. The van der Waals surface area contributed by atoms with Gasteiger partial charge in [-0.3, -0.25) is 0 Å². The van der Waals surface area contributed by atoms with Crippen LogP contribution in [-0.2, 0) is 5.41 Å². The first-order valence-corrected chi connectivity index (χ1v) is 17.3. The van der Waals surface area contributed by atoms with Gasteiger partial charge < -0.3 is 9.47 Å². The molecule has 1 aliphatic rings. The predicted molar refractivity (Wildman–Crippen MR) is 205 cm³/mol. The number of hydrogen-bond acceptors (Lipinski definition) is 1. The fourth-order valence-corrected chi connectivity index (χ4v) is 7.89. The number of fused-ring (bicyclic) bond motifs is 7. The van der Waals surface area contributed by atoms with Gasteiger partial charge in [0.25, 0.3) is 0 Å². The van der Waals surface area contributed by atoms with E-state index < -0.39 is 39.9 Å². The van der Waals surface area contributed by atoms with Crippen LogP contribution in [-0.4, -0.2) is 4.57 Å². The smallest absolute Gasteiger partial charge is 0.187 e. The van der Waals surface area contributed by atoms with E-state index in [9.17, 15) is 0 Å². The van der Waals surface area contributed by atoms with Gasteiger partial charge in [-0.05, 0) is 76.9 Å². The maximum absolute atomic E-state index is 16.0. The summed E-state index contributed by atoms with van der Waals surface area (Å²) < 4.78 is 65.9. The minimum absolute atomic E-state index is 0.331. The minimum atomic E-state index is -1.56.